The van der Waals surface area contributed by atoms with Gasteiger partial charge in [0.15, 0.2) is 0 Å². The van der Waals surface area contributed by atoms with Gasteiger partial charge in [-0.1, -0.05) is 168 Å². The molecule has 0 aromatic heterocycles. The van der Waals surface area contributed by atoms with E-state index in [4.69, 9.17) is 4.74 Å². The minimum atomic E-state index is -0.0622. The summed E-state index contributed by atoms with van der Waals surface area (Å²) < 4.78 is 5.22. The van der Waals surface area contributed by atoms with E-state index in [9.17, 15) is 4.79 Å². The lowest BCUT2D eigenvalue weighted by atomic mass is 10.0. The van der Waals surface area contributed by atoms with Crippen molar-refractivity contribution in [2.45, 2.75) is 194 Å². The van der Waals surface area contributed by atoms with Crippen LogP contribution in [0.3, 0.4) is 0 Å². The molecule has 0 aromatic rings. The molecule has 0 rings (SSSR count). The highest BCUT2D eigenvalue weighted by Crippen LogP contribution is 2.15. The van der Waals surface area contributed by atoms with Crippen LogP contribution >= 0.6 is 0 Å². The van der Waals surface area contributed by atoms with Crippen LogP contribution in [0.2, 0.25) is 0 Å². The van der Waals surface area contributed by atoms with Gasteiger partial charge >= 0.3 is 5.97 Å². The first kappa shape index (κ1) is 34.2. The Morgan fingerprint density at radius 1 is 0.457 bits per heavy atom. The summed E-state index contributed by atoms with van der Waals surface area (Å²) in [5.41, 5.74) is 0. The Kier molecular flexibility index (Phi) is 30.5. The Bertz CT molecular complexity index is 429. The van der Waals surface area contributed by atoms with Gasteiger partial charge in [0.25, 0.3) is 0 Å². The quantitative estimate of drug-likeness (QED) is 0.0589. The van der Waals surface area contributed by atoms with Crippen molar-refractivity contribution in [3.63, 3.8) is 0 Å². The zero-order chi connectivity index (χ0) is 25.5. The summed E-state index contributed by atoms with van der Waals surface area (Å²) >= 11 is 0. The minimum Gasteiger partial charge on any atom is -0.435 e. The number of carbonyl (C=O) groups excluding carboxylic acids is 1. The second-order valence-corrected chi connectivity index (χ2v) is 10.9. The maximum atomic E-state index is 11.8. The third-order valence-corrected chi connectivity index (χ3v) is 7.25. The molecule has 0 aliphatic carbocycles. The summed E-state index contributed by atoms with van der Waals surface area (Å²) in [4.78, 5) is 11.8. The van der Waals surface area contributed by atoms with Gasteiger partial charge in [-0.3, -0.25) is 4.79 Å². The minimum absolute atomic E-state index is 0.0622. The standard InChI is InChI=1S/C33H64O2/c1-3-5-7-9-11-13-14-15-16-17-18-19-20-21-22-23-25-27-29-31-33(34)35-32-30-28-26-24-12-10-8-6-4-2/h30,32H,3-29,31H2,1-2H3/b32-30+. The topological polar surface area (TPSA) is 26.3 Å². The number of allylic oxidation sites excluding steroid dienone is 1. The lowest BCUT2D eigenvalue weighted by molar-refractivity contribution is -0.138. The van der Waals surface area contributed by atoms with E-state index in [0.717, 1.165) is 19.3 Å². The maximum Gasteiger partial charge on any atom is 0.310 e. The molecule has 0 bridgehead atoms. The molecule has 0 aliphatic heterocycles. The van der Waals surface area contributed by atoms with Gasteiger partial charge in [-0.25, -0.2) is 0 Å². The first-order chi connectivity index (χ1) is 17.3. The van der Waals surface area contributed by atoms with Gasteiger partial charge < -0.3 is 4.74 Å². The molecule has 0 aromatic carbocycles. The van der Waals surface area contributed by atoms with Crippen molar-refractivity contribution in [1.82, 2.24) is 0 Å². The third kappa shape index (κ3) is 31.2. The van der Waals surface area contributed by atoms with Gasteiger partial charge in [-0.2, -0.15) is 0 Å². The Hall–Kier alpha value is -0.790. The molecule has 208 valence electrons. The molecule has 0 N–H and O–H groups in total. The van der Waals surface area contributed by atoms with Crippen LogP contribution in [-0.4, -0.2) is 5.97 Å². The van der Waals surface area contributed by atoms with Gasteiger partial charge in [0.05, 0.1) is 6.26 Å². The Labute approximate surface area is 221 Å². The second-order valence-electron chi connectivity index (χ2n) is 10.9. The van der Waals surface area contributed by atoms with E-state index in [1.165, 1.54) is 154 Å². The Morgan fingerprint density at radius 2 is 0.771 bits per heavy atom. The van der Waals surface area contributed by atoms with Crippen molar-refractivity contribution in [2.75, 3.05) is 0 Å². The molecule has 0 amide bonds. The van der Waals surface area contributed by atoms with E-state index in [2.05, 4.69) is 13.8 Å². The highest BCUT2D eigenvalue weighted by Gasteiger charge is 2.01. The molecule has 0 radical (unpaired) electrons. The Morgan fingerprint density at radius 3 is 1.14 bits per heavy atom. The smallest absolute Gasteiger partial charge is 0.310 e. The first-order valence-corrected chi connectivity index (χ1v) is 16.2. The average Bonchev–Trinajstić information content (AvgIpc) is 2.86. The van der Waals surface area contributed by atoms with Crippen LogP contribution in [0.15, 0.2) is 12.3 Å². The fraction of sp³-hybridized carbons (Fsp3) is 0.909. The van der Waals surface area contributed by atoms with Gasteiger partial charge in [0, 0.05) is 6.42 Å². The lowest BCUT2D eigenvalue weighted by Crippen LogP contribution is -1.98. The van der Waals surface area contributed by atoms with Crippen molar-refractivity contribution in [3.05, 3.63) is 12.3 Å². The van der Waals surface area contributed by atoms with Crippen LogP contribution < -0.4 is 0 Å². The van der Waals surface area contributed by atoms with Crippen molar-refractivity contribution in [3.8, 4) is 0 Å². The number of hydrogen-bond donors (Lipinski definition) is 0. The SMILES string of the molecule is CCCCCCCCC/C=C/OC(=O)CCCCCCCCCCCCCCCCCCCCC. The lowest BCUT2D eigenvalue weighted by Gasteiger charge is -2.04. The van der Waals surface area contributed by atoms with Crippen LogP contribution in [0, 0.1) is 0 Å². The third-order valence-electron chi connectivity index (χ3n) is 7.25. The summed E-state index contributed by atoms with van der Waals surface area (Å²) in [6.07, 6.45) is 40.7. The number of esters is 1. The van der Waals surface area contributed by atoms with Crippen molar-refractivity contribution in [2.24, 2.45) is 0 Å². The Balaban J connectivity index is 3.18. The highest BCUT2D eigenvalue weighted by molar-refractivity contribution is 5.69. The molecule has 0 atom stereocenters. The molecular formula is C33H64O2. The molecule has 0 aliphatic rings. The molecule has 0 saturated carbocycles. The summed E-state index contributed by atoms with van der Waals surface area (Å²) in [7, 11) is 0. The molecule has 2 heteroatoms. The molecule has 0 heterocycles. The van der Waals surface area contributed by atoms with Crippen molar-refractivity contribution >= 4 is 5.97 Å². The number of ether oxygens (including phenoxy) is 1. The summed E-state index contributed by atoms with van der Waals surface area (Å²) in [6, 6.07) is 0. The molecule has 0 unspecified atom stereocenters. The maximum absolute atomic E-state index is 11.8. The van der Waals surface area contributed by atoms with Crippen molar-refractivity contribution in [1.29, 1.82) is 0 Å². The van der Waals surface area contributed by atoms with E-state index in [1.54, 1.807) is 6.26 Å². The second kappa shape index (κ2) is 31.2. The van der Waals surface area contributed by atoms with E-state index in [1.807, 2.05) is 6.08 Å². The van der Waals surface area contributed by atoms with E-state index < -0.39 is 0 Å². The summed E-state index contributed by atoms with van der Waals surface area (Å²) in [6.45, 7) is 4.55. The van der Waals surface area contributed by atoms with Crippen LogP contribution in [0.1, 0.15) is 194 Å². The normalized spacial score (nSPS) is 11.5. The van der Waals surface area contributed by atoms with Crippen LogP contribution in [0.25, 0.3) is 0 Å². The van der Waals surface area contributed by atoms with E-state index in [0.29, 0.717) is 6.42 Å². The predicted molar refractivity (Wildman–Crippen MR) is 156 cm³/mol. The molecule has 35 heavy (non-hydrogen) atoms. The number of carbonyl (C=O) groups is 1. The summed E-state index contributed by atoms with van der Waals surface area (Å²) in [5, 5.41) is 0. The van der Waals surface area contributed by atoms with Crippen LogP contribution in [0.4, 0.5) is 0 Å². The van der Waals surface area contributed by atoms with Crippen molar-refractivity contribution < 1.29 is 9.53 Å². The van der Waals surface area contributed by atoms with Gasteiger partial charge in [-0.05, 0) is 25.3 Å². The zero-order valence-electron chi connectivity index (χ0n) is 24.3. The zero-order valence-corrected chi connectivity index (χ0v) is 24.3. The number of unbranched alkanes of at least 4 members (excludes halogenated alkanes) is 25. The van der Waals surface area contributed by atoms with Gasteiger partial charge in [-0.15, -0.1) is 0 Å². The fourth-order valence-corrected chi connectivity index (χ4v) is 4.82. The number of hydrogen-bond acceptors (Lipinski definition) is 2. The summed E-state index contributed by atoms with van der Waals surface area (Å²) in [5.74, 6) is -0.0622. The van der Waals surface area contributed by atoms with Crippen LogP contribution in [0.5, 0.6) is 0 Å². The average molecular weight is 493 g/mol. The van der Waals surface area contributed by atoms with Gasteiger partial charge in [0.1, 0.15) is 0 Å². The molecule has 0 fully saturated rings. The molecular weight excluding hydrogens is 428 g/mol. The molecule has 0 saturated heterocycles. The first-order valence-electron chi connectivity index (χ1n) is 16.2. The van der Waals surface area contributed by atoms with E-state index >= 15 is 0 Å². The fourth-order valence-electron chi connectivity index (χ4n) is 4.82. The highest BCUT2D eigenvalue weighted by atomic mass is 16.5. The number of rotatable bonds is 29. The van der Waals surface area contributed by atoms with Crippen LogP contribution in [-0.2, 0) is 9.53 Å². The molecule has 2 nitrogen and oxygen atoms in total. The van der Waals surface area contributed by atoms with Gasteiger partial charge in [0.2, 0.25) is 0 Å². The van der Waals surface area contributed by atoms with E-state index in [-0.39, 0.29) is 5.97 Å². The largest absolute Gasteiger partial charge is 0.435 e. The predicted octanol–water partition coefficient (Wildman–Crippen LogP) is 12.0. The molecule has 0 spiro atoms. The monoisotopic (exact) mass is 492 g/mol.